The van der Waals surface area contributed by atoms with Crippen LogP contribution >= 0.6 is 0 Å². The zero-order chi connectivity index (χ0) is 9.42. The highest BCUT2D eigenvalue weighted by Gasteiger charge is 2.44. The molecule has 0 saturated carbocycles. The number of fused-ring (bicyclic) bond motifs is 1. The van der Waals surface area contributed by atoms with E-state index in [0.717, 1.165) is 25.8 Å². The van der Waals surface area contributed by atoms with Crippen molar-refractivity contribution in [2.24, 2.45) is 0 Å². The summed E-state index contributed by atoms with van der Waals surface area (Å²) in [7, 11) is 0. The van der Waals surface area contributed by atoms with E-state index >= 15 is 0 Å². The van der Waals surface area contributed by atoms with Crippen molar-refractivity contribution in [3.05, 3.63) is 0 Å². The molecule has 0 aliphatic carbocycles. The van der Waals surface area contributed by atoms with Gasteiger partial charge in [-0.05, 0) is 26.3 Å². The van der Waals surface area contributed by atoms with Crippen LogP contribution in [-0.2, 0) is 4.79 Å². The van der Waals surface area contributed by atoms with Crippen molar-refractivity contribution in [3.63, 3.8) is 0 Å². The van der Waals surface area contributed by atoms with Crippen LogP contribution < -0.4 is 5.32 Å². The maximum Gasteiger partial charge on any atom is 0.223 e. The van der Waals surface area contributed by atoms with Gasteiger partial charge in [0.15, 0.2) is 0 Å². The van der Waals surface area contributed by atoms with Crippen LogP contribution in [0.5, 0.6) is 0 Å². The van der Waals surface area contributed by atoms with Crippen molar-refractivity contribution < 1.29 is 4.79 Å². The molecule has 0 unspecified atom stereocenters. The van der Waals surface area contributed by atoms with E-state index in [0.29, 0.717) is 24.0 Å². The molecule has 74 valence electrons. The van der Waals surface area contributed by atoms with Gasteiger partial charge in [-0.1, -0.05) is 6.92 Å². The summed E-state index contributed by atoms with van der Waals surface area (Å²) in [5.41, 5.74) is 0. The molecular formula is C10H18N2O. The Bertz CT molecular complexity index is 217. The third kappa shape index (κ3) is 1.35. The minimum Gasteiger partial charge on any atom is -0.335 e. The van der Waals surface area contributed by atoms with Crippen LogP contribution in [0.2, 0.25) is 0 Å². The molecule has 2 aliphatic heterocycles. The first-order valence-corrected chi connectivity index (χ1v) is 5.28. The molecule has 3 nitrogen and oxygen atoms in total. The van der Waals surface area contributed by atoms with Crippen molar-refractivity contribution in [2.45, 2.75) is 51.2 Å². The molecule has 3 heteroatoms. The summed E-state index contributed by atoms with van der Waals surface area (Å²) in [5, 5.41) is 3.45. The van der Waals surface area contributed by atoms with E-state index in [2.05, 4.69) is 24.1 Å². The predicted octanol–water partition coefficient (Wildman–Crippen LogP) is 0.748. The number of likely N-dealkylation sites (N-methyl/N-ethyl adjacent to an activating group) is 1. The molecule has 0 aromatic carbocycles. The maximum atomic E-state index is 11.5. The van der Waals surface area contributed by atoms with Crippen molar-refractivity contribution in [1.82, 2.24) is 10.2 Å². The van der Waals surface area contributed by atoms with E-state index < -0.39 is 0 Å². The molecule has 3 atom stereocenters. The van der Waals surface area contributed by atoms with Gasteiger partial charge >= 0.3 is 0 Å². The summed E-state index contributed by atoms with van der Waals surface area (Å²) in [6.07, 6.45) is 3.00. The summed E-state index contributed by atoms with van der Waals surface area (Å²) < 4.78 is 0. The van der Waals surface area contributed by atoms with Gasteiger partial charge in [0, 0.05) is 24.5 Å². The molecule has 2 fully saturated rings. The Labute approximate surface area is 79.5 Å². The smallest absolute Gasteiger partial charge is 0.223 e. The molecule has 1 N–H and O–H groups in total. The molecule has 13 heavy (non-hydrogen) atoms. The Hall–Kier alpha value is -0.570. The summed E-state index contributed by atoms with van der Waals surface area (Å²) in [5.74, 6) is 0.359. The van der Waals surface area contributed by atoms with Gasteiger partial charge in [0.25, 0.3) is 0 Å². The van der Waals surface area contributed by atoms with Crippen molar-refractivity contribution >= 4 is 5.91 Å². The average molecular weight is 182 g/mol. The first-order valence-electron chi connectivity index (χ1n) is 5.28. The minimum absolute atomic E-state index is 0.359. The number of hydrogen-bond acceptors (Lipinski definition) is 2. The third-order valence-electron chi connectivity index (χ3n) is 3.39. The molecule has 0 aromatic heterocycles. The van der Waals surface area contributed by atoms with E-state index in [9.17, 15) is 4.79 Å². The summed E-state index contributed by atoms with van der Waals surface area (Å²) in [6.45, 7) is 5.29. The summed E-state index contributed by atoms with van der Waals surface area (Å²) in [4.78, 5) is 13.6. The van der Waals surface area contributed by atoms with Gasteiger partial charge < -0.3 is 10.2 Å². The fraction of sp³-hybridized carbons (Fsp3) is 0.900. The molecule has 1 amide bonds. The van der Waals surface area contributed by atoms with Gasteiger partial charge in [-0.15, -0.1) is 0 Å². The molecule has 2 aliphatic rings. The van der Waals surface area contributed by atoms with Gasteiger partial charge in [0.05, 0.1) is 0 Å². The van der Waals surface area contributed by atoms with Gasteiger partial charge in [-0.3, -0.25) is 4.79 Å². The zero-order valence-electron chi connectivity index (χ0n) is 8.42. The monoisotopic (exact) mass is 182 g/mol. The van der Waals surface area contributed by atoms with Gasteiger partial charge in [-0.25, -0.2) is 0 Å². The molecule has 0 aromatic rings. The maximum absolute atomic E-state index is 11.5. The Morgan fingerprint density at radius 3 is 3.00 bits per heavy atom. The second-order valence-corrected chi connectivity index (χ2v) is 4.13. The van der Waals surface area contributed by atoms with Crippen LogP contribution in [0.1, 0.15) is 33.1 Å². The number of amides is 1. The number of hydrogen-bond donors (Lipinski definition) is 1. The highest BCUT2D eigenvalue weighted by atomic mass is 16.2. The highest BCUT2D eigenvalue weighted by molar-refractivity contribution is 5.79. The van der Waals surface area contributed by atoms with Crippen LogP contribution in [0.4, 0.5) is 0 Å². The van der Waals surface area contributed by atoms with Crippen molar-refractivity contribution in [1.29, 1.82) is 0 Å². The molecule has 0 bridgehead atoms. The Morgan fingerprint density at radius 1 is 1.62 bits per heavy atom. The Morgan fingerprint density at radius 2 is 2.38 bits per heavy atom. The van der Waals surface area contributed by atoms with E-state index in [1.54, 1.807) is 0 Å². The molecule has 0 spiro atoms. The minimum atomic E-state index is 0.359. The average Bonchev–Trinajstić information content (AvgIpc) is 2.58. The summed E-state index contributed by atoms with van der Waals surface area (Å²) >= 11 is 0. The number of nitrogens with zero attached hydrogens (tertiary/aromatic N) is 1. The van der Waals surface area contributed by atoms with E-state index in [-0.39, 0.29) is 0 Å². The molecule has 2 rings (SSSR count). The van der Waals surface area contributed by atoms with E-state index in [4.69, 9.17) is 0 Å². The number of rotatable bonds is 2. The number of carbonyl (C=O) groups excluding carboxylic acids is 1. The summed E-state index contributed by atoms with van der Waals surface area (Å²) in [6, 6.07) is 1.46. The van der Waals surface area contributed by atoms with E-state index in [1.165, 1.54) is 0 Å². The lowest BCUT2D eigenvalue weighted by Crippen LogP contribution is -2.42. The topological polar surface area (TPSA) is 32.3 Å². The standard InChI is InChI=1S/C10H18N2O/c1-3-11-9-6-8-4-5-10(13)12(8)7(9)2/h7-9,11H,3-6H2,1-2H3/t7-,8-,9+/m1/s1. The molecule has 2 heterocycles. The van der Waals surface area contributed by atoms with Crippen molar-refractivity contribution in [2.75, 3.05) is 6.54 Å². The third-order valence-corrected chi connectivity index (χ3v) is 3.39. The lowest BCUT2D eigenvalue weighted by atomic mass is 10.1. The number of carbonyl (C=O) groups is 1. The van der Waals surface area contributed by atoms with Crippen LogP contribution in [0.25, 0.3) is 0 Å². The predicted molar refractivity (Wildman–Crippen MR) is 51.4 cm³/mol. The lowest BCUT2D eigenvalue weighted by Gasteiger charge is -2.23. The Kier molecular flexibility index (Phi) is 2.28. The first kappa shape index (κ1) is 9.00. The van der Waals surface area contributed by atoms with Crippen LogP contribution in [0, 0.1) is 0 Å². The molecular weight excluding hydrogens is 164 g/mol. The molecule has 2 saturated heterocycles. The second-order valence-electron chi connectivity index (χ2n) is 4.13. The van der Waals surface area contributed by atoms with Gasteiger partial charge in [0.1, 0.15) is 0 Å². The van der Waals surface area contributed by atoms with Crippen LogP contribution in [0.3, 0.4) is 0 Å². The fourth-order valence-corrected chi connectivity index (χ4v) is 2.75. The highest BCUT2D eigenvalue weighted by Crippen LogP contribution is 2.33. The van der Waals surface area contributed by atoms with Crippen LogP contribution in [0.15, 0.2) is 0 Å². The SMILES string of the molecule is CCN[C@H]1C[C@H]2CCC(=O)N2[C@@H]1C. The van der Waals surface area contributed by atoms with Crippen molar-refractivity contribution in [3.8, 4) is 0 Å². The quantitative estimate of drug-likeness (QED) is 0.683. The van der Waals surface area contributed by atoms with Gasteiger partial charge in [-0.2, -0.15) is 0 Å². The largest absolute Gasteiger partial charge is 0.335 e. The van der Waals surface area contributed by atoms with Gasteiger partial charge in [0.2, 0.25) is 5.91 Å². The molecule has 0 radical (unpaired) electrons. The number of nitrogens with one attached hydrogen (secondary N) is 1. The first-order chi connectivity index (χ1) is 6.24. The Balaban J connectivity index is 2.05. The fourth-order valence-electron chi connectivity index (χ4n) is 2.75. The van der Waals surface area contributed by atoms with Crippen LogP contribution in [-0.4, -0.2) is 35.5 Å². The second kappa shape index (κ2) is 3.29. The normalized spacial score (nSPS) is 38.5. The lowest BCUT2D eigenvalue weighted by molar-refractivity contribution is -0.129. The van der Waals surface area contributed by atoms with E-state index in [1.807, 2.05) is 0 Å². The zero-order valence-corrected chi connectivity index (χ0v) is 8.42.